The Morgan fingerprint density at radius 1 is 1.20 bits per heavy atom. The highest BCUT2D eigenvalue weighted by molar-refractivity contribution is 5.66. The van der Waals surface area contributed by atoms with E-state index in [9.17, 15) is 0 Å². The highest BCUT2D eigenvalue weighted by Crippen LogP contribution is 2.34. The number of hydrogen-bond acceptors (Lipinski definition) is 0. The van der Waals surface area contributed by atoms with Crippen molar-refractivity contribution in [2.75, 3.05) is 0 Å². The van der Waals surface area contributed by atoms with Crippen molar-refractivity contribution < 1.29 is 0 Å². The van der Waals surface area contributed by atoms with E-state index >= 15 is 0 Å². The normalized spacial score (nSPS) is 14.4. The van der Waals surface area contributed by atoms with E-state index in [4.69, 9.17) is 0 Å². The lowest BCUT2D eigenvalue weighted by Crippen LogP contribution is -2.14. The minimum absolute atomic E-state index is 0.266. The highest BCUT2D eigenvalue weighted by atomic mass is 14.3. The molecule has 0 nitrogen and oxygen atoms in total. The van der Waals surface area contributed by atoms with Crippen molar-refractivity contribution in [3.05, 3.63) is 40.5 Å². The Balaban J connectivity index is 2.60. The maximum absolute atomic E-state index is 2.32. The first-order chi connectivity index (χ1) is 7.04. The molecule has 0 aromatic heterocycles. The fourth-order valence-corrected chi connectivity index (χ4v) is 2.45. The van der Waals surface area contributed by atoms with Gasteiger partial charge in [-0.05, 0) is 40.5 Å². The van der Waals surface area contributed by atoms with Gasteiger partial charge in [-0.25, -0.2) is 0 Å². The second kappa shape index (κ2) is 3.52. The van der Waals surface area contributed by atoms with Gasteiger partial charge in [0.2, 0.25) is 0 Å². The fraction of sp³-hybridized carbons (Fsp3) is 0.467. The van der Waals surface area contributed by atoms with Crippen LogP contribution in [0.15, 0.2) is 18.2 Å². The summed E-state index contributed by atoms with van der Waals surface area (Å²) in [4.78, 5) is 0. The molecule has 0 saturated carbocycles. The van der Waals surface area contributed by atoms with E-state index in [1.165, 1.54) is 16.7 Å². The molecule has 0 amide bonds. The summed E-state index contributed by atoms with van der Waals surface area (Å²) in [5, 5.41) is 0. The van der Waals surface area contributed by atoms with Crippen molar-refractivity contribution in [2.45, 2.75) is 46.0 Å². The minimum atomic E-state index is 0.266. The van der Waals surface area contributed by atoms with Gasteiger partial charge in [0.15, 0.2) is 0 Å². The third kappa shape index (κ3) is 1.73. The molecule has 1 aliphatic carbocycles. The molecule has 0 radical (unpaired) electrons. The van der Waals surface area contributed by atoms with Crippen molar-refractivity contribution in [3.63, 3.8) is 0 Å². The molecule has 0 heterocycles. The van der Waals surface area contributed by atoms with Crippen LogP contribution in [0, 0.1) is 0 Å². The number of allylic oxidation sites excluding steroid dienone is 1. The molecule has 1 aromatic carbocycles. The molecule has 0 N–H and O–H groups in total. The van der Waals surface area contributed by atoms with Crippen LogP contribution in [0.2, 0.25) is 0 Å². The first-order valence-electron chi connectivity index (χ1n) is 5.86. The van der Waals surface area contributed by atoms with E-state index < -0.39 is 0 Å². The molecule has 1 aromatic rings. The van der Waals surface area contributed by atoms with Gasteiger partial charge < -0.3 is 0 Å². The predicted molar refractivity (Wildman–Crippen MR) is 67.3 cm³/mol. The van der Waals surface area contributed by atoms with Crippen molar-refractivity contribution in [1.82, 2.24) is 0 Å². The molecule has 0 saturated heterocycles. The van der Waals surface area contributed by atoms with E-state index in [-0.39, 0.29) is 5.41 Å². The molecule has 0 spiro atoms. The van der Waals surface area contributed by atoms with Gasteiger partial charge in [0.1, 0.15) is 0 Å². The summed E-state index contributed by atoms with van der Waals surface area (Å²) in [6.07, 6.45) is 6.84. The van der Waals surface area contributed by atoms with Crippen molar-refractivity contribution in [2.24, 2.45) is 0 Å². The third-order valence-electron chi connectivity index (χ3n) is 3.24. The van der Waals surface area contributed by atoms with E-state index in [2.05, 4.69) is 52.0 Å². The zero-order valence-electron chi connectivity index (χ0n) is 10.2. The van der Waals surface area contributed by atoms with Crippen LogP contribution in [0.3, 0.4) is 0 Å². The van der Waals surface area contributed by atoms with Gasteiger partial charge in [0.25, 0.3) is 0 Å². The number of fused-ring (bicyclic) bond motifs is 1. The second-order valence-electron chi connectivity index (χ2n) is 5.37. The smallest absolute Gasteiger partial charge is 0.00851 e. The number of rotatable bonds is 1. The van der Waals surface area contributed by atoms with Gasteiger partial charge in [-0.3, -0.25) is 0 Å². The Morgan fingerprint density at radius 2 is 1.93 bits per heavy atom. The summed E-state index contributed by atoms with van der Waals surface area (Å²) in [5.74, 6) is 0. The maximum atomic E-state index is 2.32. The third-order valence-corrected chi connectivity index (χ3v) is 3.24. The average molecular weight is 200 g/mol. The Morgan fingerprint density at radius 3 is 2.53 bits per heavy atom. The summed E-state index contributed by atoms with van der Waals surface area (Å²) >= 11 is 0. The van der Waals surface area contributed by atoms with E-state index in [1.807, 2.05) is 0 Å². The van der Waals surface area contributed by atoms with E-state index in [1.54, 1.807) is 5.56 Å². The van der Waals surface area contributed by atoms with Gasteiger partial charge in [-0.15, -0.1) is 0 Å². The molecule has 2 rings (SSSR count). The molecule has 0 fully saturated rings. The highest BCUT2D eigenvalue weighted by Gasteiger charge is 2.21. The second-order valence-corrected chi connectivity index (χ2v) is 5.37. The standard InChI is InChI=1S/C15H20/c1-5-11-9-10-14(15(2,3)4)13-8-6-7-12(11)13/h6-7,9-10H,5,8H2,1-4H3. The van der Waals surface area contributed by atoms with Crippen LogP contribution >= 0.6 is 0 Å². The lowest BCUT2D eigenvalue weighted by Gasteiger charge is -2.24. The maximum Gasteiger partial charge on any atom is -0.00851 e. The topological polar surface area (TPSA) is 0 Å². The first-order valence-corrected chi connectivity index (χ1v) is 5.86. The van der Waals surface area contributed by atoms with Crippen LogP contribution in [-0.2, 0) is 18.3 Å². The molecule has 1 aliphatic rings. The predicted octanol–water partition coefficient (Wildman–Crippen LogP) is 4.12. The summed E-state index contributed by atoms with van der Waals surface area (Å²) in [6.45, 7) is 9.13. The number of aryl methyl sites for hydroxylation is 1. The largest absolute Gasteiger partial charge is 0.0795 e. The summed E-state index contributed by atoms with van der Waals surface area (Å²) in [7, 11) is 0. The first kappa shape index (κ1) is 10.5. The molecule has 15 heavy (non-hydrogen) atoms. The van der Waals surface area contributed by atoms with Crippen molar-refractivity contribution in [1.29, 1.82) is 0 Å². The van der Waals surface area contributed by atoms with Crippen LogP contribution in [0.4, 0.5) is 0 Å². The molecular weight excluding hydrogens is 180 g/mol. The molecule has 0 atom stereocenters. The molecular formula is C15H20. The summed E-state index contributed by atoms with van der Waals surface area (Å²) < 4.78 is 0. The van der Waals surface area contributed by atoms with Gasteiger partial charge >= 0.3 is 0 Å². The number of benzene rings is 1. The Kier molecular flexibility index (Phi) is 2.46. The summed E-state index contributed by atoms with van der Waals surface area (Å²) in [5.41, 5.74) is 6.32. The fourth-order valence-electron chi connectivity index (χ4n) is 2.45. The SMILES string of the molecule is CCc1ccc(C(C)(C)C)c2c1C=CC2. The van der Waals surface area contributed by atoms with Crippen molar-refractivity contribution >= 4 is 6.08 Å². The average Bonchev–Trinajstić information content (AvgIpc) is 2.62. The Bertz CT molecular complexity index is 403. The molecule has 0 bridgehead atoms. The number of hydrogen-bond donors (Lipinski definition) is 0. The molecule has 0 aliphatic heterocycles. The lowest BCUT2D eigenvalue weighted by atomic mass is 9.81. The Hall–Kier alpha value is -1.04. The van der Waals surface area contributed by atoms with Gasteiger partial charge in [0, 0.05) is 0 Å². The summed E-state index contributed by atoms with van der Waals surface area (Å²) in [6, 6.07) is 4.62. The van der Waals surface area contributed by atoms with E-state index in [0.717, 1.165) is 12.8 Å². The van der Waals surface area contributed by atoms with Crippen LogP contribution in [-0.4, -0.2) is 0 Å². The van der Waals surface area contributed by atoms with Crippen LogP contribution in [0.1, 0.15) is 49.9 Å². The quantitative estimate of drug-likeness (QED) is 0.640. The lowest BCUT2D eigenvalue weighted by molar-refractivity contribution is 0.584. The Labute approximate surface area is 93.0 Å². The zero-order chi connectivity index (χ0) is 11.1. The van der Waals surface area contributed by atoms with Crippen LogP contribution in [0.25, 0.3) is 6.08 Å². The van der Waals surface area contributed by atoms with Gasteiger partial charge in [-0.1, -0.05) is 52.0 Å². The van der Waals surface area contributed by atoms with E-state index in [0.29, 0.717) is 0 Å². The molecule has 0 heteroatoms. The van der Waals surface area contributed by atoms with Gasteiger partial charge in [-0.2, -0.15) is 0 Å². The van der Waals surface area contributed by atoms with Crippen LogP contribution in [0.5, 0.6) is 0 Å². The van der Waals surface area contributed by atoms with Gasteiger partial charge in [0.05, 0.1) is 0 Å². The van der Waals surface area contributed by atoms with Crippen molar-refractivity contribution in [3.8, 4) is 0 Å². The minimum Gasteiger partial charge on any atom is -0.0795 e. The monoisotopic (exact) mass is 200 g/mol. The molecule has 0 unspecified atom stereocenters. The molecule has 80 valence electrons. The van der Waals surface area contributed by atoms with Crippen LogP contribution < -0.4 is 0 Å². The zero-order valence-corrected chi connectivity index (χ0v) is 10.2.